The molecule has 2 atom stereocenters. The summed E-state index contributed by atoms with van der Waals surface area (Å²) in [6, 6.07) is 1.64. The molecule has 1 aromatic heterocycles. The summed E-state index contributed by atoms with van der Waals surface area (Å²) in [7, 11) is 0. The van der Waals surface area contributed by atoms with Crippen LogP contribution in [-0.2, 0) is 0 Å². The number of nitrogens with zero attached hydrogens (tertiary/aromatic N) is 1. The van der Waals surface area contributed by atoms with Crippen LogP contribution in [0.4, 0.5) is 0 Å². The van der Waals surface area contributed by atoms with Crippen molar-refractivity contribution < 1.29 is 10.2 Å². The molecule has 0 saturated carbocycles. The minimum atomic E-state index is -0.961. The topological polar surface area (TPSA) is 53.4 Å². The van der Waals surface area contributed by atoms with Gasteiger partial charge >= 0.3 is 0 Å². The lowest BCUT2D eigenvalue weighted by atomic mass is 10.0. The summed E-state index contributed by atoms with van der Waals surface area (Å²) in [5.74, 6) is 0.198. The van der Waals surface area contributed by atoms with Gasteiger partial charge in [0.15, 0.2) is 0 Å². The predicted molar refractivity (Wildman–Crippen MR) is 58.8 cm³/mol. The van der Waals surface area contributed by atoms with Crippen molar-refractivity contribution in [3.8, 4) is 0 Å². The van der Waals surface area contributed by atoms with Crippen molar-refractivity contribution in [2.45, 2.75) is 19.1 Å². The van der Waals surface area contributed by atoms with E-state index < -0.39 is 12.2 Å². The second kappa shape index (κ2) is 4.98. The van der Waals surface area contributed by atoms with Gasteiger partial charge in [-0.15, -0.1) is 0 Å². The first-order chi connectivity index (χ1) is 6.56. The van der Waals surface area contributed by atoms with Crippen LogP contribution in [0.25, 0.3) is 0 Å². The molecular weight excluding hydrogens is 222 g/mol. The van der Waals surface area contributed by atoms with E-state index in [1.807, 2.05) is 0 Å². The fourth-order valence-corrected chi connectivity index (χ4v) is 1.56. The van der Waals surface area contributed by atoms with E-state index in [-0.39, 0.29) is 5.75 Å². The third kappa shape index (κ3) is 2.60. The first-order valence-corrected chi connectivity index (χ1v) is 5.16. The molecule has 0 radical (unpaired) electrons. The largest absolute Gasteiger partial charge is 0.389 e. The number of rotatable bonds is 3. The number of aliphatic hydroxyl groups excluding tert-OH is 2. The van der Waals surface area contributed by atoms with Crippen LogP contribution in [0, 0.1) is 6.92 Å². The Balaban J connectivity index is 2.95. The summed E-state index contributed by atoms with van der Waals surface area (Å²) < 4.78 is 0. The minimum absolute atomic E-state index is 0.198. The van der Waals surface area contributed by atoms with E-state index in [0.29, 0.717) is 10.7 Å². The lowest BCUT2D eigenvalue weighted by Gasteiger charge is -2.17. The third-order valence-corrected chi connectivity index (χ3v) is 2.57. The zero-order chi connectivity index (χ0) is 10.7. The molecule has 2 unspecified atom stereocenters. The van der Waals surface area contributed by atoms with Gasteiger partial charge in [-0.2, -0.15) is 12.6 Å². The van der Waals surface area contributed by atoms with Gasteiger partial charge < -0.3 is 10.2 Å². The van der Waals surface area contributed by atoms with Crippen LogP contribution in [0.15, 0.2) is 12.3 Å². The third-order valence-electron chi connectivity index (χ3n) is 1.99. The molecule has 0 fully saturated rings. The molecule has 0 aliphatic carbocycles. The van der Waals surface area contributed by atoms with Gasteiger partial charge in [-0.05, 0) is 18.6 Å². The van der Waals surface area contributed by atoms with Crippen molar-refractivity contribution in [2.24, 2.45) is 0 Å². The molecule has 0 bridgehead atoms. The molecule has 0 spiro atoms. The van der Waals surface area contributed by atoms with Crippen LogP contribution in [0.1, 0.15) is 17.2 Å². The van der Waals surface area contributed by atoms with Gasteiger partial charge in [0.05, 0.1) is 6.10 Å². The van der Waals surface area contributed by atoms with E-state index in [9.17, 15) is 10.2 Å². The summed E-state index contributed by atoms with van der Waals surface area (Å²) in [5.41, 5.74) is 1.38. The van der Waals surface area contributed by atoms with Crippen molar-refractivity contribution in [3.63, 3.8) is 0 Å². The summed E-state index contributed by atoms with van der Waals surface area (Å²) in [6.07, 6.45) is -0.382. The maximum atomic E-state index is 9.68. The van der Waals surface area contributed by atoms with Crippen LogP contribution in [0.5, 0.6) is 0 Å². The Kier molecular flexibility index (Phi) is 4.19. The van der Waals surface area contributed by atoms with E-state index in [0.717, 1.165) is 5.56 Å². The van der Waals surface area contributed by atoms with E-state index in [4.69, 9.17) is 11.6 Å². The molecule has 5 heteroatoms. The van der Waals surface area contributed by atoms with Gasteiger partial charge in [0.2, 0.25) is 0 Å². The summed E-state index contributed by atoms with van der Waals surface area (Å²) in [6.45, 7) is 1.80. The Hall–Kier alpha value is -0.290. The lowest BCUT2D eigenvalue weighted by Crippen LogP contribution is -2.20. The van der Waals surface area contributed by atoms with Crippen LogP contribution in [0.2, 0.25) is 5.15 Å². The highest BCUT2D eigenvalue weighted by atomic mass is 35.5. The Labute approximate surface area is 93.2 Å². The summed E-state index contributed by atoms with van der Waals surface area (Å²) in [5, 5.41) is 19.4. The van der Waals surface area contributed by atoms with Gasteiger partial charge in [0, 0.05) is 17.5 Å². The van der Waals surface area contributed by atoms with Crippen LogP contribution in [-0.4, -0.2) is 27.1 Å². The van der Waals surface area contributed by atoms with Crippen molar-refractivity contribution in [1.29, 1.82) is 0 Å². The number of hydrogen-bond donors (Lipinski definition) is 3. The monoisotopic (exact) mass is 233 g/mol. The zero-order valence-corrected chi connectivity index (χ0v) is 9.33. The standard InChI is InChI=1S/C9H12ClNO2S/c1-5-2-8(10)11-3-6(5)9(13)7(12)4-14/h2-3,7,9,12-14H,4H2,1H3. The highest BCUT2D eigenvalue weighted by Crippen LogP contribution is 2.22. The first kappa shape index (κ1) is 11.8. The van der Waals surface area contributed by atoms with Gasteiger partial charge in [-0.3, -0.25) is 0 Å². The predicted octanol–water partition coefficient (Wildman–Crippen LogP) is 1.37. The second-order valence-corrected chi connectivity index (χ2v) is 3.81. The number of aryl methyl sites for hydroxylation is 1. The number of hydrogen-bond acceptors (Lipinski definition) is 4. The summed E-state index contributed by atoms with van der Waals surface area (Å²) in [4.78, 5) is 3.85. The molecule has 3 nitrogen and oxygen atoms in total. The lowest BCUT2D eigenvalue weighted by molar-refractivity contribution is 0.0331. The van der Waals surface area contributed by atoms with Gasteiger partial charge in [-0.1, -0.05) is 11.6 Å². The average Bonchev–Trinajstić information content (AvgIpc) is 2.15. The van der Waals surface area contributed by atoms with Crippen molar-refractivity contribution in [3.05, 3.63) is 28.5 Å². The quantitative estimate of drug-likeness (QED) is 0.546. The number of pyridine rings is 1. The molecule has 1 aromatic rings. The molecule has 0 amide bonds. The summed E-state index contributed by atoms with van der Waals surface area (Å²) >= 11 is 9.57. The molecule has 14 heavy (non-hydrogen) atoms. The SMILES string of the molecule is Cc1cc(Cl)ncc1C(O)C(O)CS. The molecule has 0 aliphatic rings. The molecule has 1 heterocycles. The Morgan fingerprint density at radius 1 is 1.57 bits per heavy atom. The number of aromatic nitrogens is 1. The average molecular weight is 234 g/mol. The normalized spacial score (nSPS) is 15.2. The fraction of sp³-hybridized carbons (Fsp3) is 0.444. The van der Waals surface area contributed by atoms with Crippen LogP contribution >= 0.6 is 24.2 Å². The maximum absolute atomic E-state index is 9.68. The number of thiol groups is 1. The van der Waals surface area contributed by atoms with Crippen molar-refractivity contribution >= 4 is 24.2 Å². The van der Waals surface area contributed by atoms with Crippen molar-refractivity contribution in [1.82, 2.24) is 4.98 Å². The van der Waals surface area contributed by atoms with Gasteiger partial charge in [0.25, 0.3) is 0 Å². The highest BCUT2D eigenvalue weighted by molar-refractivity contribution is 7.80. The Bertz CT molecular complexity index is 322. The van der Waals surface area contributed by atoms with Crippen LogP contribution < -0.4 is 0 Å². The second-order valence-electron chi connectivity index (χ2n) is 3.06. The van der Waals surface area contributed by atoms with Crippen LogP contribution in [0.3, 0.4) is 0 Å². The smallest absolute Gasteiger partial charge is 0.129 e. The van der Waals surface area contributed by atoms with E-state index in [2.05, 4.69) is 17.6 Å². The molecule has 0 saturated heterocycles. The zero-order valence-electron chi connectivity index (χ0n) is 7.68. The first-order valence-electron chi connectivity index (χ1n) is 4.15. The van der Waals surface area contributed by atoms with E-state index in [1.54, 1.807) is 13.0 Å². The maximum Gasteiger partial charge on any atom is 0.129 e. The number of aliphatic hydroxyl groups is 2. The van der Waals surface area contributed by atoms with Gasteiger partial charge in [0.1, 0.15) is 11.3 Å². The van der Waals surface area contributed by atoms with E-state index >= 15 is 0 Å². The minimum Gasteiger partial charge on any atom is -0.389 e. The Morgan fingerprint density at radius 3 is 2.71 bits per heavy atom. The molecule has 1 rings (SSSR count). The van der Waals surface area contributed by atoms with E-state index in [1.165, 1.54) is 6.20 Å². The van der Waals surface area contributed by atoms with Crippen molar-refractivity contribution in [2.75, 3.05) is 5.75 Å². The molecular formula is C9H12ClNO2S. The number of halogens is 1. The Morgan fingerprint density at radius 2 is 2.21 bits per heavy atom. The van der Waals surface area contributed by atoms with Gasteiger partial charge in [-0.25, -0.2) is 4.98 Å². The molecule has 78 valence electrons. The molecule has 2 N–H and O–H groups in total. The molecule has 0 aromatic carbocycles. The molecule has 0 aliphatic heterocycles. The fourth-order valence-electron chi connectivity index (χ4n) is 1.15. The highest BCUT2D eigenvalue weighted by Gasteiger charge is 2.19.